The van der Waals surface area contributed by atoms with Crippen LogP contribution in [0.15, 0.2) is 30.3 Å². The molecule has 1 aliphatic heterocycles. The maximum absolute atomic E-state index is 12.6. The van der Waals surface area contributed by atoms with Crippen LogP contribution in [0.4, 0.5) is 0 Å². The molecule has 1 N–H and O–H groups in total. The van der Waals surface area contributed by atoms with E-state index in [2.05, 4.69) is 0 Å². The van der Waals surface area contributed by atoms with E-state index >= 15 is 0 Å². The summed E-state index contributed by atoms with van der Waals surface area (Å²) in [5.74, 6) is -2.80. The third-order valence-electron chi connectivity index (χ3n) is 4.96. The van der Waals surface area contributed by atoms with Crippen molar-refractivity contribution in [2.24, 2.45) is 11.8 Å². The minimum absolute atomic E-state index is 0.123. The smallest absolute Gasteiger partial charge is 0.326 e. The standard InChI is InChI=1S/C22H31NO6/c1-6-16(24)18-19(23(20(18)26)12-17(25)29-22(3,4)5)14(2)21(27)28-13-15-10-8-7-9-11-15/h7-11,14,16,18-19,24H,6,12-13H2,1-5H3/t14-,16?,18-,19-/m1/s1. The van der Waals surface area contributed by atoms with Crippen LogP contribution in [0.1, 0.15) is 46.6 Å². The predicted molar refractivity (Wildman–Crippen MR) is 107 cm³/mol. The van der Waals surface area contributed by atoms with Gasteiger partial charge in [-0.1, -0.05) is 37.3 Å². The molecular weight excluding hydrogens is 374 g/mol. The minimum Gasteiger partial charge on any atom is -0.461 e. The molecule has 1 aromatic carbocycles. The van der Waals surface area contributed by atoms with E-state index < -0.39 is 41.5 Å². The van der Waals surface area contributed by atoms with Gasteiger partial charge in [0, 0.05) is 0 Å². The highest BCUT2D eigenvalue weighted by Crippen LogP contribution is 2.36. The van der Waals surface area contributed by atoms with E-state index in [1.165, 1.54) is 4.90 Å². The zero-order valence-corrected chi connectivity index (χ0v) is 17.8. The maximum Gasteiger partial charge on any atom is 0.326 e. The molecule has 160 valence electrons. The average Bonchev–Trinajstić information content (AvgIpc) is 2.66. The van der Waals surface area contributed by atoms with Gasteiger partial charge in [0.15, 0.2) is 0 Å². The number of rotatable bonds is 8. The molecule has 29 heavy (non-hydrogen) atoms. The number of ether oxygens (including phenoxy) is 2. The molecule has 1 aromatic rings. The fourth-order valence-electron chi connectivity index (χ4n) is 3.52. The molecule has 0 aromatic heterocycles. The molecule has 7 heteroatoms. The molecular formula is C22H31NO6. The van der Waals surface area contributed by atoms with Crippen molar-refractivity contribution < 1.29 is 29.0 Å². The van der Waals surface area contributed by atoms with Gasteiger partial charge in [0.2, 0.25) is 5.91 Å². The van der Waals surface area contributed by atoms with E-state index in [1.807, 2.05) is 30.3 Å². The zero-order valence-electron chi connectivity index (χ0n) is 17.8. The number of likely N-dealkylation sites (tertiary alicyclic amines) is 1. The number of hydrogen-bond donors (Lipinski definition) is 1. The first-order valence-electron chi connectivity index (χ1n) is 9.96. The summed E-state index contributed by atoms with van der Waals surface area (Å²) in [6.07, 6.45) is -0.509. The summed E-state index contributed by atoms with van der Waals surface area (Å²) in [5, 5.41) is 10.3. The number of carbonyl (C=O) groups excluding carboxylic acids is 3. The molecule has 1 unspecified atom stereocenters. The van der Waals surface area contributed by atoms with Crippen LogP contribution < -0.4 is 0 Å². The van der Waals surface area contributed by atoms with Crippen LogP contribution in [0.5, 0.6) is 0 Å². The molecule has 1 saturated heterocycles. The monoisotopic (exact) mass is 405 g/mol. The Bertz CT molecular complexity index is 727. The summed E-state index contributed by atoms with van der Waals surface area (Å²) in [4.78, 5) is 38.7. The Kier molecular flexibility index (Phi) is 7.41. The number of nitrogens with zero attached hydrogens (tertiary/aromatic N) is 1. The molecule has 0 bridgehead atoms. The lowest BCUT2D eigenvalue weighted by Crippen LogP contribution is -2.68. The largest absolute Gasteiger partial charge is 0.461 e. The van der Waals surface area contributed by atoms with E-state index in [4.69, 9.17) is 9.47 Å². The van der Waals surface area contributed by atoms with Crippen LogP contribution in [-0.2, 0) is 30.5 Å². The van der Waals surface area contributed by atoms with E-state index in [0.717, 1.165) is 5.56 Å². The molecule has 0 spiro atoms. The molecule has 0 aliphatic carbocycles. The second kappa shape index (κ2) is 9.39. The summed E-state index contributed by atoms with van der Waals surface area (Å²) in [7, 11) is 0. The number of β-lactam (4-membered cyclic amide) rings is 1. The molecule has 4 atom stereocenters. The van der Waals surface area contributed by atoms with Gasteiger partial charge >= 0.3 is 11.9 Å². The maximum atomic E-state index is 12.6. The third kappa shape index (κ3) is 5.79. The summed E-state index contributed by atoms with van der Waals surface area (Å²) >= 11 is 0. The molecule has 1 fully saturated rings. The fourth-order valence-corrected chi connectivity index (χ4v) is 3.52. The van der Waals surface area contributed by atoms with Gasteiger partial charge in [-0.25, -0.2) is 0 Å². The lowest BCUT2D eigenvalue weighted by Gasteiger charge is -2.50. The van der Waals surface area contributed by atoms with Crippen LogP contribution in [0.25, 0.3) is 0 Å². The summed E-state index contributed by atoms with van der Waals surface area (Å²) in [5.41, 5.74) is 0.178. The summed E-state index contributed by atoms with van der Waals surface area (Å²) in [6, 6.07) is 8.67. The number of aliphatic hydroxyl groups excluding tert-OH is 1. The number of hydrogen-bond acceptors (Lipinski definition) is 6. The lowest BCUT2D eigenvalue weighted by molar-refractivity contribution is -0.183. The average molecular weight is 405 g/mol. The van der Waals surface area contributed by atoms with Crippen molar-refractivity contribution in [1.82, 2.24) is 4.90 Å². The van der Waals surface area contributed by atoms with E-state index in [-0.39, 0.29) is 19.1 Å². The van der Waals surface area contributed by atoms with Crippen molar-refractivity contribution >= 4 is 17.8 Å². The highest BCUT2D eigenvalue weighted by molar-refractivity contribution is 5.92. The number of carbonyl (C=O) groups is 3. The second-order valence-electron chi connectivity index (χ2n) is 8.43. The molecule has 1 amide bonds. The lowest BCUT2D eigenvalue weighted by atomic mass is 9.75. The normalized spacial score (nSPS) is 21.2. The SMILES string of the molecule is CCC(O)[C@H]1C(=O)N(CC(=O)OC(C)(C)C)[C@@H]1[C@@H](C)C(=O)OCc1ccccc1. The Balaban J connectivity index is 2.08. The van der Waals surface area contributed by atoms with E-state index in [9.17, 15) is 19.5 Å². The van der Waals surface area contributed by atoms with Crippen molar-refractivity contribution in [3.8, 4) is 0 Å². The first-order valence-corrected chi connectivity index (χ1v) is 9.96. The zero-order chi connectivity index (χ0) is 21.8. The van der Waals surface area contributed by atoms with Crippen molar-refractivity contribution in [3.05, 3.63) is 35.9 Å². The van der Waals surface area contributed by atoms with Gasteiger partial charge < -0.3 is 19.5 Å². The van der Waals surface area contributed by atoms with Gasteiger partial charge in [-0.15, -0.1) is 0 Å². The van der Waals surface area contributed by atoms with Crippen molar-refractivity contribution in [2.45, 2.75) is 65.4 Å². The molecule has 2 rings (SSSR count). The molecule has 7 nitrogen and oxygen atoms in total. The Morgan fingerprint density at radius 2 is 1.83 bits per heavy atom. The highest BCUT2D eigenvalue weighted by Gasteiger charge is 2.55. The first-order chi connectivity index (χ1) is 13.5. The van der Waals surface area contributed by atoms with Crippen LogP contribution in [-0.4, -0.2) is 52.1 Å². The van der Waals surface area contributed by atoms with Gasteiger partial charge in [0.1, 0.15) is 18.8 Å². The van der Waals surface area contributed by atoms with E-state index in [1.54, 1.807) is 34.6 Å². The molecule has 0 saturated carbocycles. The summed E-state index contributed by atoms with van der Waals surface area (Å²) in [6.45, 7) is 8.52. The topological polar surface area (TPSA) is 93.1 Å². The van der Waals surface area contributed by atoms with Gasteiger partial charge in [-0.05, 0) is 39.7 Å². The number of benzene rings is 1. The van der Waals surface area contributed by atoms with Gasteiger partial charge in [0.25, 0.3) is 0 Å². The first kappa shape index (κ1) is 22.9. The Morgan fingerprint density at radius 1 is 1.21 bits per heavy atom. The number of esters is 2. The predicted octanol–water partition coefficient (Wildman–Crippen LogP) is 2.31. The quantitative estimate of drug-likeness (QED) is 0.527. The third-order valence-corrected chi connectivity index (χ3v) is 4.96. The second-order valence-corrected chi connectivity index (χ2v) is 8.43. The molecule has 1 aliphatic rings. The fraction of sp³-hybridized carbons (Fsp3) is 0.591. The van der Waals surface area contributed by atoms with Crippen molar-refractivity contribution in [2.75, 3.05) is 6.54 Å². The Hall–Kier alpha value is -2.41. The van der Waals surface area contributed by atoms with Crippen LogP contribution in [0.2, 0.25) is 0 Å². The van der Waals surface area contributed by atoms with Crippen molar-refractivity contribution in [1.29, 1.82) is 0 Å². The van der Waals surface area contributed by atoms with Crippen LogP contribution >= 0.6 is 0 Å². The molecule has 1 heterocycles. The Labute approximate surface area is 172 Å². The molecule has 0 radical (unpaired) electrons. The minimum atomic E-state index is -0.883. The summed E-state index contributed by atoms with van der Waals surface area (Å²) < 4.78 is 10.7. The van der Waals surface area contributed by atoms with E-state index in [0.29, 0.717) is 6.42 Å². The number of amides is 1. The van der Waals surface area contributed by atoms with Crippen LogP contribution in [0, 0.1) is 11.8 Å². The Morgan fingerprint density at radius 3 is 2.38 bits per heavy atom. The van der Waals surface area contributed by atoms with Gasteiger partial charge in [-0.3, -0.25) is 14.4 Å². The van der Waals surface area contributed by atoms with Gasteiger partial charge in [0.05, 0.1) is 24.0 Å². The number of aliphatic hydroxyl groups is 1. The van der Waals surface area contributed by atoms with Crippen LogP contribution in [0.3, 0.4) is 0 Å². The highest BCUT2D eigenvalue weighted by atomic mass is 16.6. The van der Waals surface area contributed by atoms with Crippen molar-refractivity contribution in [3.63, 3.8) is 0 Å². The van der Waals surface area contributed by atoms with Gasteiger partial charge in [-0.2, -0.15) is 0 Å².